The average Bonchev–Trinajstić information content (AvgIpc) is 3.16. The summed E-state index contributed by atoms with van der Waals surface area (Å²) in [5.74, 6) is 0.799. The summed E-state index contributed by atoms with van der Waals surface area (Å²) in [5, 5.41) is 0. The second-order valence-electron chi connectivity index (χ2n) is 6.17. The zero-order valence-electron chi connectivity index (χ0n) is 14.1. The highest BCUT2D eigenvalue weighted by atomic mass is 16.5. The number of hydrogen-bond acceptors (Lipinski definition) is 2. The average molecular weight is 332 g/mol. The molecule has 25 heavy (non-hydrogen) atoms. The first-order valence-corrected chi connectivity index (χ1v) is 8.43. The Morgan fingerprint density at radius 3 is 2.44 bits per heavy atom. The molecule has 1 aromatic heterocycles. The molecule has 1 unspecified atom stereocenters. The van der Waals surface area contributed by atoms with Crippen LogP contribution < -0.4 is 4.74 Å². The highest BCUT2D eigenvalue weighted by molar-refractivity contribution is 5.95. The molecule has 0 aliphatic carbocycles. The number of carbonyl (C=O) groups is 1. The molecule has 0 spiro atoms. The summed E-state index contributed by atoms with van der Waals surface area (Å²) in [6.45, 7) is 1.50. The van der Waals surface area contributed by atoms with E-state index in [4.69, 9.17) is 4.74 Å². The van der Waals surface area contributed by atoms with Crippen molar-refractivity contribution in [3.63, 3.8) is 0 Å². The van der Waals surface area contributed by atoms with Crippen LogP contribution in [0.15, 0.2) is 72.9 Å². The number of hydrogen-bond donors (Lipinski definition) is 0. The van der Waals surface area contributed by atoms with Gasteiger partial charge >= 0.3 is 0 Å². The van der Waals surface area contributed by atoms with Crippen LogP contribution >= 0.6 is 0 Å². The van der Waals surface area contributed by atoms with Crippen molar-refractivity contribution in [2.75, 3.05) is 13.7 Å². The SMILES string of the molecule is COc1ccc(C(=O)N2CCn3cccc3C2c2ccccc2)cc1. The van der Waals surface area contributed by atoms with Crippen molar-refractivity contribution in [1.82, 2.24) is 9.47 Å². The van der Waals surface area contributed by atoms with Gasteiger partial charge in [-0.2, -0.15) is 0 Å². The van der Waals surface area contributed by atoms with Crippen molar-refractivity contribution in [1.29, 1.82) is 0 Å². The lowest BCUT2D eigenvalue weighted by Crippen LogP contribution is -2.42. The van der Waals surface area contributed by atoms with Gasteiger partial charge in [0.25, 0.3) is 5.91 Å². The van der Waals surface area contributed by atoms with E-state index in [1.54, 1.807) is 7.11 Å². The molecule has 2 heterocycles. The number of methoxy groups -OCH3 is 1. The third-order valence-corrected chi connectivity index (χ3v) is 4.75. The van der Waals surface area contributed by atoms with Crippen molar-refractivity contribution < 1.29 is 9.53 Å². The van der Waals surface area contributed by atoms with Crippen LogP contribution in [-0.2, 0) is 6.54 Å². The molecule has 1 atom stereocenters. The maximum atomic E-state index is 13.2. The summed E-state index contributed by atoms with van der Waals surface area (Å²) in [7, 11) is 1.63. The Balaban J connectivity index is 1.73. The Morgan fingerprint density at radius 1 is 0.960 bits per heavy atom. The fourth-order valence-electron chi connectivity index (χ4n) is 3.49. The molecule has 0 fully saturated rings. The van der Waals surface area contributed by atoms with Crippen molar-refractivity contribution >= 4 is 5.91 Å². The quantitative estimate of drug-likeness (QED) is 0.732. The molecule has 4 rings (SSSR count). The van der Waals surface area contributed by atoms with Crippen LogP contribution in [0.4, 0.5) is 0 Å². The predicted molar refractivity (Wildman–Crippen MR) is 96.7 cm³/mol. The normalized spacial score (nSPS) is 16.4. The standard InChI is InChI=1S/C21H20N2O2/c1-25-18-11-9-17(10-12-18)21(24)23-15-14-22-13-5-8-19(22)20(23)16-6-3-2-4-7-16/h2-13,20H,14-15H2,1H3. The van der Waals surface area contributed by atoms with Gasteiger partial charge in [0.1, 0.15) is 5.75 Å². The van der Waals surface area contributed by atoms with E-state index < -0.39 is 0 Å². The maximum Gasteiger partial charge on any atom is 0.254 e. The lowest BCUT2D eigenvalue weighted by molar-refractivity contribution is 0.0664. The summed E-state index contributed by atoms with van der Waals surface area (Å²) in [4.78, 5) is 15.2. The largest absolute Gasteiger partial charge is 0.497 e. The van der Waals surface area contributed by atoms with Gasteiger partial charge in [-0.25, -0.2) is 0 Å². The van der Waals surface area contributed by atoms with E-state index in [-0.39, 0.29) is 11.9 Å². The zero-order valence-corrected chi connectivity index (χ0v) is 14.1. The van der Waals surface area contributed by atoms with Gasteiger partial charge in [-0.15, -0.1) is 0 Å². The van der Waals surface area contributed by atoms with Crippen LogP contribution in [0, 0.1) is 0 Å². The first-order chi connectivity index (χ1) is 12.3. The smallest absolute Gasteiger partial charge is 0.254 e. The number of fused-ring (bicyclic) bond motifs is 1. The van der Waals surface area contributed by atoms with E-state index >= 15 is 0 Å². The molecule has 0 bridgehead atoms. The fourth-order valence-corrected chi connectivity index (χ4v) is 3.49. The number of aromatic nitrogens is 1. The molecular formula is C21H20N2O2. The van der Waals surface area contributed by atoms with Crippen molar-refractivity contribution in [2.24, 2.45) is 0 Å². The fraction of sp³-hybridized carbons (Fsp3) is 0.190. The van der Waals surface area contributed by atoms with Gasteiger partial charge in [-0.1, -0.05) is 30.3 Å². The van der Waals surface area contributed by atoms with E-state index in [0.29, 0.717) is 12.1 Å². The molecule has 1 aliphatic rings. The molecule has 4 heteroatoms. The molecule has 1 aliphatic heterocycles. The Morgan fingerprint density at radius 2 is 1.72 bits per heavy atom. The molecule has 0 saturated carbocycles. The topological polar surface area (TPSA) is 34.5 Å². The van der Waals surface area contributed by atoms with Crippen LogP contribution in [0.3, 0.4) is 0 Å². The van der Waals surface area contributed by atoms with Gasteiger partial charge < -0.3 is 14.2 Å². The zero-order chi connectivity index (χ0) is 17.2. The molecule has 126 valence electrons. The molecule has 4 nitrogen and oxygen atoms in total. The third kappa shape index (κ3) is 2.80. The van der Waals surface area contributed by atoms with E-state index in [2.05, 4.69) is 29.0 Å². The number of ether oxygens (including phenoxy) is 1. The minimum absolute atomic E-state index is 0.0453. The van der Waals surface area contributed by atoms with Gasteiger partial charge in [0.05, 0.1) is 13.2 Å². The predicted octanol–water partition coefficient (Wildman–Crippen LogP) is 3.74. The second kappa shape index (κ2) is 6.48. The Labute approximate surface area is 147 Å². The van der Waals surface area contributed by atoms with Crippen molar-refractivity contribution in [2.45, 2.75) is 12.6 Å². The summed E-state index contributed by atoms with van der Waals surface area (Å²) >= 11 is 0. The monoisotopic (exact) mass is 332 g/mol. The molecule has 3 aromatic rings. The van der Waals surface area contributed by atoms with Crippen LogP contribution in [0.5, 0.6) is 5.75 Å². The number of amides is 1. The molecule has 2 aromatic carbocycles. The first-order valence-electron chi connectivity index (χ1n) is 8.43. The van der Waals surface area contributed by atoms with Crippen LogP contribution in [-0.4, -0.2) is 29.0 Å². The van der Waals surface area contributed by atoms with Gasteiger partial charge in [0.2, 0.25) is 0 Å². The molecule has 0 radical (unpaired) electrons. The van der Waals surface area contributed by atoms with E-state index in [9.17, 15) is 4.79 Å². The van der Waals surface area contributed by atoms with E-state index in [1.165, 1.54) is 0 Å². The van der Waals surface area contributed by atoms with E-state index in [1.807, 2.05) is 53.4 Å². The van der Waals surface area contributed by atoms with Crippen LogP contribution in [0.2, 0.25) is 0 Å². The van der Waals surface area contributed by atoms with Crippen LogP contribution in [0.1, 0.15) is 27.7 Å². The summed E-state index contributed by atoms with van der Waals surface area (Å²) in [5.41, 5.74) is 2.96. The highest BCUT2D eigenvalue weighted by Gasteiger charge is 2.32. The summed E-state index contributed by atoms with van der Waals surface area (Å²) < 4.78 is 7.42. The Kier molecular flexibility index (Phi) is 4.02. The highest BCUT2D eigenvalue weighted by Crippen LogP contribution is 2.33. The minimum atomic E-state index is -0.0699. The molecular weight excluding hydrogens is 312 g/mol. The Hall–Kier alpha value is -3.01. The van der Waals surface area contributed by atoms with Gasteiger partial charge in [0.15, 0.2) is 0 Å². The van der Waals surface area contributed by atoms with Crippen molar-refractivity contribution in [3.05, 3.63) is 89.7 Å². The third-order valence-electron chi connectivity index (χ3n) is 4.75. The number of carbonyl (C=O) groups excluding carboxylic acids is 1. The number of nitrogens with zero attached hydrogens (tertiary/aromatic N) is 2. The maximum absolute atomic E-state index is 13.2. The number of benzene rings is 2. The summed E-state index contributed by atoms with van der Waals surface area (Å²) in [6.07, 6.45) is 2.08. The number of rotatable bonds is 3. The molecule has 0 N–H and O–H groups in total. The van der Waals surface area contributed by atoms with Gasteiger partial charge in [0, 0.05) is 30.5 Å². The lowest BCUT2D eigenvalue weighted by atomic mass is 9.99. The summed E-state index contributed by atoms with van der Waals surface area (Å²) in [6, 6.07) is 21.6. The van der Waals surface area contributed by atoms with Gasteiger partial charge in [-0.3, -0.25) is 4.79 Å². The van der Waals surface area contributed by atoms with Crippen molar-refractivity contribution in [3.8, 4) is 5.75 Å². The first kappa shape index (κ1) is 15.5. The van der Waals surface area contributed by atoms with E-state index in [0.717, 1.165) is 23.6 Å². The van der Waals surface area contributed by atoms with Crippen LogP contribution in [0.25, 0.3) is 0 Å². The minimum Gasteiger partial charge on any atom is -0.497 e. The van der Waals surface area contributed by atoms with Gasteiger partial charge in [-0.05, 0) is 42.0 Å². The Bertz CT molecular complexity index is 868. The lowest BCUT2D eigenvalue weighted by Gasteiger charge is -2.37. The molecule has 1 amide bonds. The second-order valence-corrected chi connectivity index (χ2v) is 6.17. The molecule has 0 saturated heterocycles.